The Labute approximate surface area is 127 Å². The smallest absolute Gasteiger partial charge is 0.185 e. The molecule has 1 aliphatic rings. The van der Waals surface area contributed by atoms with Crippen LogP contribution in [0.3, 0.4) is 0 Å². The first kappa shape index (κ1) is 15.8. The van der Waals surface area contributed by atoms with Crippen LogP contribution in [0, 0.1) is 0 Å². The largest absolute Gasteiger partial charge is 0.348 e. The van der Waals surface area contributed by atoms with E-state index in [4.69, 9.17) is 4.98 Å². The van der Waals surface area contributed by atoms with Crippen LogP contribution in [0.25, 0.3) is 0 Å². The topological polar surface area (TPSA) is 28.2 Å². The molecule has 1 atom stereocenters. The van der Waals surface area contributed by atoms with Gasteiger partial charge >= 0.3 is 0 Å². The van der Waals surface area contributed by atoms with Crippen molar-refractivity contribution in [3.8, 4) is 0 Å². The number of piperidine rings is 1. The molecular weight excluding hydrogens is 266 g/mol. The maximum atomic E-state index is 4.99. The summed E-state index contributed by atoms with van der Waals surface area (Å²) in [6.07, 6.45) is 5.18. The Balaban J connectivity index is 2.16. The minimum Gasteiger partial charge on any atom is -0.348 e. The standard InChI is InChI=1S/C16H29N3S/c1-5-13(4)15-14(11-17-12(2)3)20-16(18-15)19-9-7-6-8-10-19/h12-13,17H,5-11H2,1-4H3. The van der Waals surface area contributed by atoms with E-state index in [0.29, 0.717) is 12.0 Å². The summed E-state index contributed by atoms with van der Waals surface area (Å²) >= 11 is 1.90. The molecular formula is C16H29N3S. The first-order valence-electron chi connectivity index (χ1n) is 8.09. The molecule has 4 heteroatoms. The van der Waals surface area contributed by atoms with E-state index in [1.807, 2.05) is 11.3 Å². The van der Waals surface area contributed by atoms with Crippen molar-refractivity contribution in [3.63, 3.8) is 0 Å². The molecule has 2 rings (SSSR count). The van der Waals surface area contributed by atoms with Crippen molar-refractivity contribution < 1.29 is 0 Å². The van der Waals surface area contributed by atoms with E-state index in [1.165, 1.54) is 48.1 Å². The first-order valence-corrected chi connectivity index (χ1v) is 8.91. The number of anilines is 1. The Hall–Kier alpha value is -0.610. The van der Waals surface area contributed by atoms with Gasteiger partial charge in [0.1, 0.15) is 0 Å². The van der Waals surface area contributed by atoms with E-state index in [-0.39, 0.29) is 0 Å². The second-order valence-electron chi connectivity index (χ2n) is 6.20. The van der Waals surface area contributed by atoms with Crippen LogP contribution in [0.2, 0.25) is 0 Å². The fraction of sp³-hybridized carbons (Fsp3) is 0.812. The summed E-state index contributed by atoms with van der Waals surface area (Å²) in [5, 5.41) is 4.80. The van der Waals surface area contributed by atoms with Gasteiger partial charge in [-0.05, 0) is 31.6 Å². The van der Waals surface area contributed by atoms with Crippen LogP contribution in [-0.4, -0.2) is 24.1 Å². The van der Waals surface area contributed by atoms with Gasteiger partial charge in [-0.2, -0.15) is 0 Å². The molecule has 1 aliphatic heterocycles. The fourth-order valence-electron chi connectivity index (χ4n) is 2.57. The minimum atomic E-state index is 0.528. The molecule has 1 unspecified atom stereocenters. The van der Waals surface area contributed by atoms with Crippen molar-refractivity contribution in [2.45, 2.75) is 71.9 Å². The van der Waals surface area contributed by atoms with Crippen LogP contribution in [0.15, 0.2) is 0 Å². The Morgan fingerprint density at radius 2 is 1.90 bits per heavy atom. The van der Waals surface area contributed by atoms with Gasteiger partial charge in [0.2, 0.25) is 0 Å². The second-order valence-corrected chi connectivity index (χ2v) is 7.26. The predicted molar refractivity (Wildman–Crippen MR) is 88.9 cm³/mol. The van der Waals surface area contributed by atoms with E-state index >= 15 is 0 Å². The van der Waals surface area contributed by atoms with Crippen molar-refractivity contribution in [1.82, 2.24) is 10.3 Å². The summed E-state index contributed by atoms with van der Waals surface area (Å²) < 4.78 is 0. The molecule has 1 N–H and O–H groups in total. The third kappa shape index (κ3) is 3.95. The Morgan fingerprint density at radius 1 is 1.20 bits per heavy atom. The summed E-state index contributed by atoms with van der Waals surface area (Å²) in [7, 11) is 0. The van der Waals surface area contributed by atoms with Crippen molar-refractivity contribution >= 4 is 16.5 Å². The van der Waals surface area contributed by atoms with Gasteiger partial charge in [-0.3, -0.25) is 0 Å². The van der Waals surface area contributed by atoms with Crippen LogP contribution >= 0.6 is 11.3 Å². The van der Waals surface area contributed by atoms with Crippen LogP contribution in [-0.2, 0) is 6.54 Å². The van der Waals surface area contributed by atoms with E-state index in [0.717, 1.165) is 13.0 Å². The molecule has 114 valence electrons. The van der Waals surface area contributed by atoms with Gasteiger partial charge in [-0.25, -0.2) is 4.98 Å². The van der Waals surface area contributed by atoms with Crippen LogP contribution < -0.4 is 10.2 Å². The molecule has 0 bridgehead atoms. The van der Waals surface area contributed by atoms with Gasteiger partial charge in [-0.15, -0.1) is 11.3 Å². The summed E-state index contributed by atoms with van der Waals surface area (Å²) in [6.45, 7) is 12.3. The lowest BCUT2D eigenvalue weighted by Crippen LogP contribution is -2.29. The molecule has 1 saturated heterocycles. The zero-order valence-corrected chi connectivity index (χ0v) is 14.2. The van der Waals surface area contributed by atoms with Crippen LogP contribution in [0.5, 0.6) is 0 Å². The quantitative estimate of drug-likeness (QED) is 0.854. The molecule has 0 aliphatic carbocycles. The number of nitrogens with zero attached hydrogens (tertiary/aromatic N) is 2. The number of hydrogen-bond donors (Lipinski definition) is 1. The zero-order chi connectivity index (χ0) is 14.5. The van der Waals surface area contributed by atoms with Gasteiger partial charge < -0.3 is 10.2 Å². The summed E-state index contributed by atoms with van der Waals surface area (Å²) in [4.78, 5) is 8.91. The van der Waals surface area contributed by atoms with Gasteiger partial charge in [0.15, 0.2) is 5.13 Å². The highest BCUT2D eigenvalue weighted by Gasteiger charge is 2.20. The van der Waals surface area contributed by atoms with Crippen molar-refractivity contribution in [2.75, 3.05) is 18.0 Å². The fourth-order valence-corrected chi connectivity index (χ4v) is 3.76. The number of nitrogens with one attached hydrogen (secondary N) is 1. The maximum Gasteiger partial charge on any atom is 0.185 e. The van der Waals surface area contributed by atoms with Gasteiger partial charge in [0.05, 0.1) is 5.69 Å². The van der Waals surface area contributed by atoms with Crippen LogP contribution in [0.1, 0.15) is 69.9 Å². The minimum absolute atomic E-state index is 0.528. The number of hydrogen-bond acceptors (Lipinski definition) is 4. The van der Waals surface area contributed by atoms with Crippen molar-refractivity contribution in [3.05, 3.63) is 10.6 Å². The normalized spacial score (nSPS) is 17.8. The third-order valence-corrected chi connectivity index (χ3v) is 5.22. The summed E-state index contributed by atoms with van der Waals surface area (Å²) in [6, 6.07) is 0.528. The maximum absolute atomic E-state index is 4.99. The van der Waals surface area contributed by atoms with Gasteiger partial charge in [0, 0.05) is 30.6 Å². The Morgan fingerprint density at radius 3 is 2.50 bits per heavy atom. The van der Waals surface area contributed by atoms with Gasteiger partial charge in [0.25, 0.3) is 0 Å². The van der Waals surface area contributed by atoms with E-state index in [9.17, 15) is 0 Å². The van der Waals surface area contributed by atoms with E-state index < -0.39 is 0 Å². The molecule has 1 fully saturated rings. The molecule has 1 aromatic heterocycles. The number of aromatic nitrogens is 1. The Bertz CT molecular complexity index is 408. The molecule has 1 aromatic rings. The molecule has 0 saturated carbocycles. The molecule has 0 radical (unpaired) electrons. The SMILES string of the molecule is CCC(C)c1nc(N2CCCCC2)sc1CNC(C)C. The zero-order valence-electron chi connectivity index (χ0n) is 13.4. The highest BCUT2D eigenvalue weighted by molar-refractivity contribution is 7.15. The third-order valence-electron chi connectivity index (χ3n) is 4.09. The second kappa shape index (κ2) is 7.41. The van der Waals surface area contributed by atoms with E-state index in [2.05, 4.69) is 37.9 Å². The average molecular weight is 295 g/mol. The molecule has 0 spiro atoms. The molecule has 0 amide bonds. The molecule has 0 aromatic carbocycles. The number of thiazole rings is 1. The molecule has 20 heavy (non-hydrogen) atoms. The summed E-state index contributed by atoms with van der Waals surface area (Å²) in [5.41, 5.74) is 1.33. The van der Waals surface area contributed by atoms with E-state index in [1.54, 1.807) is 0 Å². The predicted octanol–water partition coefficient (Wildman–Crippen LogP) is 4.14. The molecule has 3 nitrogen and oxygen atoms in total. The lowest BCUT2D eigenvalue weighted by molar-refractivity contribution is 0.574. The average Bonchev–Trinajstić information content (AvgIpc) is 2.89. The van der Waals surface area contributed by atoms with Crippen LogP contribution in [0.4, 0.5) is 5.13 Å². The highest BCUT2D eigenvalue weighted by atomic mass is 32.1. The Kier molecular flexibility index (Phi) is 5.85. The van der Waals surface area contributed by atoms with Crippen molar-refractivity contribution in [2.24, 2.45) is 0 Å². The highest BCUT2D eigenvalue weighted by Crippen LogP contribution is 2.33. The number of rotatable bonds is 6. The lowest BCUT2D eigenvalue weighted by atomic mass is 10.0. The monoisotopic (exact) mass is 295 g/mol. The lowest BCUT2D eigenvalue weighted by Gasteiger charge is -2.25. The first-order chi connectivity index (χ1) is 9.61. The molecule has 2 heterocycles. The van der Waals surface area contributed by atoms with Crippen molar-refractivity contribution in [1.29, 1.82) is 0 Å². The summed E-state index contributed by atoms with van der Waals surface area (Å²) in [5.74, 6) is 0.564. The van der Waals surface area contributed by atoms with Gasteiger partial charge in [-0.1, -0.05) is 27.7 Å².